The molecule has 0 aliphatic heterocycles. The van der Waals surface area contributed by atoms with E-state index in [4.69, 9.17) is 16.3 Å². The summed E-state index contributed by atoms with van der Waals surface area (Å²) in [5.41, 5.74) is 0.953. The van der Waals surface area contributed by atoms with Crippen LogP contribution in [0.5, 0.6) is 5.75 Å². The molecule has 0 aliphatic rings. The smallest absolute Gasteiger partial charge is 0.139 e. The highest BCUT2D eigenvalue weighted by Gasteiger charge is 2.00. The van der Waals surface area contributed by atoms with Crippen LogP contribution in [0.4, 0.5) is 5.69 Å². The molecule has 14 heavy (non-hydrogen) atoms. The molecule has 0 saturated heterocycles. The Morgan fingerprint density at radius 3 is 2.93 bits per heavy atom. The topological polar surface area (TPSA) is 21.3 Å². The third-order valence-corrected chi connectivity index (χ3v) is 2.02. The molecule has 0 saturated carbocycles. The first-order valence-electron chi connectivity index (χ1n) is 4.25. The van der Waals surface area contributed by atoms with Crippen LogP contribution in [0, 0.1) is 11.8 Å². The van der Waals surface area contributed by atoms with Crippen molar-refractivity contribution >= 4 is 17.3 Å². The minimum atomic E-state index is 0.611. The molecule has 1 rings (SSSR count). The molecule has 0 fully saturated rings. The van der Waals surface area contributed by atoms with Crippen molar-refractivity contribution in [1.29, 1.82) is 0 Å². The number of benzene rings is 1. The van der Waals surface area contributed by atoms with Crippen molar-refractivity contribution in [3.8, 4) is 17.6 Å². The van der Waals surface area contributed by atoms with Gasteiger partial charge in [-0.1, -0.05) is 17.5 Å². The Morgan fingerprint density at radius 2 is 2.29 bits per heavy atom. The Bertz CT molecular complexity index is 365. The lowest BCUT2D eigenvalue weighted by atomic mass is 10.3. The minimum Gasteiger partial charge on any atom is -0.495 e. The van der Waals surface area contributed by atoms with Crippen molar-refractivity contribution < 1.29 is 4.74 Å². The summed E-state index contributed by atoms with van der Waals surface area (Å²) in [6.07, 6.45) is 0. The Kier molecular flexibility index (Phi) is 4.15. The molecule has 1 aromatic rings. The molecular weight excluding hydrogens is 198 g/mol. The number of rotatable bonds is 3. The number of ether oxygens (including phenoxy) is 1. The third kappa shape index (κ3) is 2.86. The SMILES string of the molecule is CC#CCNc1ccc(Cl)c(OC)c1. The van der Waals surface area contributed by atoms with E-state index >= 15 is 0 Å². The summed E-state index contributed by atoms with van der Waals surface area (Å²) in [6, 6.07) is 5.53. The molecule has 0 amide bonds. The monoisotopic (exact) mass is 209 g/mol. The summed E-state index contributed by atoms with van der Waals surface area (Å²) in [7, 11) is 1.59. The van der Waals surface area contributed by atoms with E-state index in [-0.39, 0.29) is 0 Å². The summed E-state index contributed by atoms with van der Waals surface area (Å²) >= 11 is 5.88. The maximum absolute atomic E-state index is 5.88. The molecule has 0 unspecified atom stereocenters. The van der Waals surface area contributed by atoms with Gasteiger partial charge in [-0.05, 0) is 19.1 Å². The standard InChI is InChI=1S/C11H12ClNO/c1-3-4-7-13-9-5-6-10(12)11(8-9)14-2/h5-6,8,13H,7H2,1-2H3. The van der Waals surface area contributed by atoms with Gasteiger partial charge in [0, 0.05) is 11.8 Å². The van der Waals surface area contributed by atoms with Gasteiger partial charge in [0.25, 0.3) is 0 Å². The summed E-state index contributed by atoms with van der Waals surface area (Å²) in [4.78, 5) is 0. The lowest BCUT2D eigenvalue weighted by Gasteiger charge is -2.06. The van der Waals surface area contributed by atoms with E-state index in [0.717, 1.165) is 5.69 Å². The van der Waals surface area contributed by atoms with E-state index in [2.05, 4.69) is 17.2 Å². The van der Waals surface area contributed by atoms with Crippen LogP contribution in [0.3, 0.4) is 0 Å². The van der Waals surface area contributed by atoms with Crippen LogP contribution in [-0.2, 0) is 0 Å². The van der Waals surface area contributed by atoms with Crippen molar-refractivity contribution in [2.45, 2.75) is 6.92 Å². The summed E-state index contributed by atoms with van der Waals surface area (Å²) in [6.45, 7) is 2.44. The number of anilines is 1. The molecule has 0 atom stereocenters. The molecule has 0 radical (unpaired) electrons. The fourth-order valence-electron chi connectivity index (χ4n) is 1.00. The number of hydrogen-bond donors (Lipinski definition) is 1. The molecule has 1 N–H and O–H groups in total. The van der Waals surface area contributed by atoms with Gasteiger partial charge in [-0.2, -0.15) is 0 Å². The molecule has 3 heteroatoms. The molecule has 0 aromatic heterocycles. The van der Waals surface area contributed by atoms with E-state index < -0.39 is 0 Å². The van der Waals surface area contributed by atoms with Gasteiger partial charge >= 0.3 is 0 Å². The zero-order chi connectivity index (χ0) is 10.4. The lowest BCUT2D eigenvalue weighted by molar-refractivity contribution is 0.415. The van der Waals surface area contributed by atoms with Crippen molar-refractivity contribution in [2.75, 3.05) is 19.0 Å². The second kappa shape index (κ2) is 5.41. The zero-order valence-corrected chi connectivity index (χ0v) is 8.98. The third-order valence-electron chi connectivity index (χ3n) is 1.71. The molecule has 2 nitrogen and oxygen atoms in total. The Labute approximate surface area is 89.2 Å². The van der Waals surface area contributed by atoms with E-state index in [1.54, 1.807) is 13.2 Å². The normalized spacial score (nSPS) is 8.79. The number of methoxy groups -OCH3 is 1. The second-order valence-corrected chi connectivity index (χ2v) is 3.04. The van der Waals surface area contributed by atoms with Crippen LogP contribution in [0.1, 0.15) is 6.92 Å². The van der Waals surface area contributed by atoms with E-state index in [1.807, 2.05) is 19.1 Å². The van der Waals surface area contributed by atoms with Crippen molar-refractivity contribution in [2.24, 2.45) is 0 Å². The first kappa shape index (κ1) is 10.7. The summed E-state index contributed by atoms with van der Waals surface area (Å²) in [5.74, 6) is 6.39. The van der Waals surface area contributed by atoms with Gasteiger partial charge in [0.2, 0.25) is 0 Å². The lowest BCUT2D eigenvalue weighted by Crippen LogP contribution is -1.98. The molecule has 0 bridgehead atoms. The average Bonchev–Trinajstić information content (AvgIpc) is 2.21. The highest BCUT2D eigenvalue weighted by molar-refractivity contribution is 6.32. The first-order valence-corrected chi connectivity index (χ1v) is 4.62. The van der Waals surface area contributed by atoms with Crippen LogP contribution >= 0.6 is 11.6 Å². The van der Waals surface area contributed by atoms with Gasteiger partial charge in [-0.15, -0.1) is 5.92 Å². The molecule has 1 aromatic carbocycles. The van der Waals surface area contributed by atoms with Crippen molar-refractivity contribution in [3.05, 3.63) is 23.2 Å². The van der Waals surface area contributed by atoms with Gasteiger partial charge in [-0.3, -0.25) is 0 Å². The number of nitrogens with one attached hydrogen (secondary N) is 1. The zero-order valence-electron chi connectivity index (χ0n) is 8.23. The van der Waals surface area contributed by atoms with Gasteiger partial charge in [0.15, 0.2) is 0 Å². The van der Waals surface area contributed by atoms with Gasteiger partial charge in [0.1, 0.15) is 5.75 Å². The summed E-state index contributed by atoms with van der Waals surface area (Å²) in [5, 5.41) is 3.75. The molecule has 0 heterocycles. The number of hydrogen-bond acceptors (Lipinski definition) is 2. The van der Waals surface area contributed by atoms with Crippen molar-refractivity contribution in [3.63, 3.8) is 0 Å². The maximum Gasteiger partial charge on any atom is 0.139 e. The van der Waals surface area contributed by atoms with Gasteiger partial charge in [0.05, 0.1) is 18.7 Å². The van der Waals surface area contributed by atoms with Gasteiger partial charge in [-0.25, -0.2) is 0 Å². The summed E-state index contributed by atoms with van der Waals surface area (Å²) < 4.78 is 5.08. The highest BCUT2D eigenvalue weighted by atomic mass is 35.5. The van der Waals surface area contributed by atoms with Crippen molar-refractivity contribution in [1.82, 2.24) is 0 Å². The molecule has 0 spiro atoms. The number of halogens is 1. The fraction of sp³-hybridized carbons (Fsp3) is 0.273. The Hall–Kier alpha value is -1.33. The minimum absolute atomic E-state index is 0.611. The van der Waals surface area contributed by atoms with E-state index in [1.165, 1.54) is 0 Å². The predicted molar refractivity (Wildman–Crippen MR) is 59.9 cm³/mol. The Morgan fingerprint density at radius 1 is 1.50 bits per heavy atom. The van der Waals surface area contributed by atoms with E-state index in [9.17, 15) is 0 Å². The van der Waals surface area contributed by atoms with Crippen LogP contribution in [-0.4, -0.2) is 13.7 Å². The Balaban J connectivity index is 2.72. The molecule has 0 aliphatic carbocycles. The fourth-order valence-corrected chi connectivity index (χ4v) is 1.20. The molecule has 74 valence electrons. The highest BCUT2D eigenvalue weighted by Crippen LogP contribution is 2.27. The largest absolute Gasteiger partial charge is 0.495 e. The molecular formula is C11H12ClNO. The average molecular weight is 210 g/mol. The van der Waals surface area contributed by atoms with Crippen LogP contribution < -0.4 is 10.1 Å². The quantitative estimate of drug-likeness (QED) is 0.773. The van der Waals surface area contributed by atoms with Crippen LogP contribution in [0.15, 0.2) is 18.2 Å². The van der Waals surface area contributed by atoms with E-state index in [0.29, 0.717) is 17.3 Å². The second-order valence-electron chi connectivity index (χ2n) is 2.63. The van der Waals surface area contributed by atoms with Gasteiger partial charge < -0.3 is 10.1 Å². The van der Waals surface area contributed by atoms with Crippen LogP contribution in [0.2, 0.25) is 5.02 Å². The van der Waals surface area contributed by atoms with Crippen LogP contribution in [0.25, 0.3) is 0 Å². The first-order chi connectivity index (χ1) is 6.77. The predicted octanol–water partition coefficient (Wildman–Crippen LogP) is 2.78. The maximum atomic E-state index is 5.88.